The van der Waals surface area contributed by atoms with Crippen LogP contribution < -0.4 is 0 Å². The molecular formula is C16H15BrO2. The van der Waals surface area contributed by atoms with Crippen LogP contribution in [0.25, 0.3) is 0 Å². The third-order valence-corrected chi connectivity index (χ3v) is 3.68. The molecule has 1 unspecified atom stereocenters. The molecule has 19 heavy (non-hydrogen) atoms. The molecule has 0 aliphatic heterocycles. The number of rotatable bonds is 4. The minimum atomic E-state index is -1.10. The minimum Gasteiger partial charge on any atom is -0.380 e. The fourth-order valence-corrected chi connectivity index (χ4v) is 2.19. The minimum absolute atomic E-state index is 0.272. The van der Waals surface area contributed by atoms with Crippen LogP contribution in [0.1, 0.15) is 33.2 Å². The highest BCUT2D eigenvalue weighted by Crippen LogP contribution is 2.20. The summed E-state index contributed by atoms with van der Waals surface area (Å²) in [7, 11) is 0. The van der Waals surface area contributed by atoms with Crippen LogP contribution in [0.15, 0.2) is 48.5 Å². The molecule has 2 nitrogen and oxygen atoms in total. The lowest BCUT2D eigenvalue weighted by Gasteiger charge is -2.10. The van der Waals surface area contributed by atoms with E-state index in [0.717, 1.165) is 16.5 Å². The molecule has 2 rings (SSSR count). The number of halogens is 1. The molecule has 0 heterocycles. The molecule has 1 N–H and O–H groups in total. The standard InChI is InChI=1S/C16H15BrO2/c1-11-2-6-13(7-3-11)15(18)16(19)14-8-4-12(10-17)5-9-14/h2-9,16,19H,10H2,1H3. The summed E-state index contributed by atoms with van der Waals surface area (Å²) in [5.74, 6) is -0.272. The summed E-state index contributed by atoms with van der Waals surface area (Å²) < 4.78 is 0. The van der Waals surface area contributed by atoms with E-state index in [-0.39, 0.29) is 5.78 Å². The Balaban J connectivity index is 2.20. The molecule has 0 saturated carbocycles. The topological polar surface area (TPSA) is 37.3 Å². The molecule has 0 aliphatic rings. The number of hydrogen-bond acceptors (Lipinski definition) is 2. The van der Waals surface area contributed by atoms with Crippen molar-refractivity contribution in [1.82, 2.24) is 0 Å². The fraction of sp³-hybridized carbons (Fsp3) is 0.188. The summed E-state index contributed by atoms with van der Waals surface area (Å²) >= 11 is 3.36. The van der Waals surface area contributed by atoms with Gasteiger partial charge in [-0.3, -0.25) is 4.79 Å². The molecule has 0 bridgehead atoms. The van der Waals surface area contributed by atoms with Crippen LogP contribution in [0.4, 0.5) is 0 Å². The van der Waals surface area contributed by atoms with Crippen molar-refractivity contribution in [1.29, 1.82) is 0 Å². The van der Waals surface area contributed by atoms with Crippen molar-refractivity contribution in [3.05, 3.63) is 70.8 Å². The van der Waals surface area contributed by atoms with Gasteiger partial charge in [0.2, 0.25) is 0 Å². The van der Waals surface area contributed by atoms with Gasteiger partial charge >= 0.3 is 0 Å². The van der Waals surface area contributed by atoms with Crippen molar-refractivity contribution in [2.24, 2.45) is 0 Å². The molecule has 98 valence electrons. The van der Waals surface area contributed by atoms with Crippen molar-refractivity contribution in [2.45, 2.75) is 18.4 Å². The molecule has 1 atom stereocenters. The van der Waals surface area contributed by atoms with Crippen molar-refractivity contribution >= 4 is 21.7 Å². The number of benzene rings is 2. The smallest absolute Gasteiger partial charge is 0.195 e. The molecular weight excluding hydrogens is 304 g/mol. The summed E-state index contributed by atoms with van der Waals surface area (Å²) in [6, 6.07) is 14.6. The first kappa shape index (κ1) is 14.0. The van der Waals surface area contributed by atoms with E-state index < -0.39 is 6.10 Å². The highest BCUT2D eigenvalue weighted by Gasteiger charge is 2.18. The number of carbonyl (C=O) groups excluding carboxylic acids is 1. The van der Waals surface area contributed by atoms with E-state index in [1.54, 1.807) is 24.3 Å². The number of carbonyl (C=O) groups is 1. The Hall–Kier alpha value is -1.45. The number of alkyl halides is 1. The zero-order valence-electron chi connectivity index (χ0n) is 10.6. The molecule has 0 radical (unpaired) electrons. The van der Waals surface area contributed by atoms with Crippen LogP contribution in [0.3, 0.4) is 0 Å². The van der Waals surface area contributed by atoms with Crippen molar-refractivity contribution < 1.29 is 9.90 Å². The average molecular weight is 319 g/mol. The Kier molecular flexibility index (Phi) is 4.51. The molecule has 2 aromatic rings. The summed E-state index contributed by atoms with van der Waals surface area (Å²) in [6.07, 6.45) is -1.10. The number of aliphatic hydroxyl groups is 1. The van der Waals surface area contributed by atoms with E-state index in [0.29, 0.717) is 11.1 Å². The van der Waals surface area contributed by atoms with Crippen molar-refractivity contribution in [2.75, 3.05) is 0 Å². The van der Waals surface area contributed by atoms with Gasteiger partial charge in [-0.05, 0) is 18.1 Å². The van der Waals surface area contributed by atoms with Crippen LogP contribution in [0.5, 0.6) is 0 Å². The molecule has 0 aromatic heterocycles. The van der Waals surface area contributed by atoms with E-state index in [2.05, 4.69) is 15.9 Å². The molecule has 0 amide bonds. The van der Waals surface area contributed by atoms with Crippen molar-refractivity contribution in [3.63, 3.8) is 0 Å². The van der Waals surface area contributed by atoms with Crippen LogP contribution in [0.2, 0.25) is 0 Å². The predicted molar refractivity (Wildman–Crippen MR) is 79.5 cm³/mol. The number of aryl methyl sites for hydroxylation is 1. The zero-order chi connectivity index (χ0) is 13.8. The maximum atomic E-state index is 12.2. The van der Waals surface area contributed by atoms with E-state index in [1.807, 2.05) is 31.2 Å². The fourth-order valence-electron chi connectivity index (χ4n) is 1.82. The van der Waals surface area contributed by atoms with E-state index in [9.17, 15) is 9.90 Å². The van der Waals surface area contributed by atoms with Gasteiger partial charge in [0.15, 0.2) is 5.78 Å². The third-order valence-electron chi connectivity index (χ3n) is 3.03. The first-order chi connectivity index (χ1) is 9.11. The zero-order valence-corrected chi connectivity index (χ0v) is 12.2. The number of hydrogen-bond donors (Lipinski definition) is 1. The number of ketones is 1. The molecule has 0 spiro atoms. The van der Waals surface area contributed by atoms with Gasteiger partial charge in [0.25, 0.3) is 0 Å². The van der Waals surface area contributed by atoms with Crippen molar-refractivity contribution in [3.8, 4) is 0 Å². The summed E-state index contributed by atoms with van der Waals surface area (Å²) in [4.78, 5) is 12.2. The quantitative estimate of drug-likeness (QED) is 0.687. The van der Waals surface area contributed by atoms with Crippen LogP contribution >= 0.6 is 15.9 Å². The normalized spacial score (nSPS) is 12.2. The molecule has 0 saturated heterocycles. The highest BCUT2D eigenvalue weighted by molar-refractivity contribution is 9.08. The molecule has 2 aromatic carbocycles. The van der Waals surface area contributed by atoms with E-state index >= 15 is 0 Å². The third kappa shape index (κ3) is 3.31. The lowest BCUT2D eigenvalue weighted by Crippen LogP contribution is -2.12. The Morgan fingerprint density at radius 2 is 1.68 bits per heavy atom. The van der Waals surface area contributed by atoms with Gasteiger partial charge in [-0.1, -0.05) is 70.0 Å². The van der Waals surface area contributed by atoms with Gasteiger partial charge in [0, 0.05) is 10.9 Å². The largest absolute Gasteiger partial charge is 0.380 e. The van der Waals surface area contributed by atoms with Gasteiger partial charge in [-0.15, -0.1) is 0 Å². The van der Waals surface area contributed by atoms with Gasteiger partial charge in [0.1, 0.15) is 6.10 Å². The van der Waals surface area contributed by atoms with E-state index in [1.165, 1.54) is 0 Å². The lowest BCUT2D eigenvalue weighted by molar-refractivity contribution is 0.0747. The molecule has 0 fully saturated rings. The second-order valence-electron chi connectivity index (χ2n) is 4.51. The second kappa shape index (κ2) is 6.13. The summed E-state index contributed by atoms with van der Waals surface area (Å²) in [5, 5.41) is 10.9. The Morgan fingerprint density at radius 1 is 1.11 bits per heavy atom. The van der Waals surface area contributed by atoms with Crippen LogP contribution in [-0.4, -0.2) is 10.9 Å². The SMILES string of the molecule is Cc1ccc(C(=O)C(O)c2ccc(CBr)cc2)cc1. The Morgan fingerprint density at radius 3 is 2.21 bits per heavy atom. The Bertz CT molecular complexity index is 558. The monoisotopic (exact) mass is 318 g/mol. The highest BCUT2D eigenvalue weighted by atomic mass is 79.9. The van der Waals surface area contributed by atoms with Gasteiger partial charge < -0.3 is 5.11 Å². The molecule has 3 heteroatoms. The maximum absolute atomic E-state index is 12.2. The first-order valence-electron chi connectivity index (χ1n) is 6.05. The summed E-state index contributed by atoms with van der Waals surface area (Å²) in [6.45, 7) is 1.96. The number of aliphatic hydroxyl groups excluding tert-OH is 1. The summed E-state index contributed by atoms with van der Waals surface area (Å²) in [5.41, 5.74) is 3.35. The Labute approximate surface area is 121 Å². The molecule has 0 aliphatic carbocycles. The van der Waals surface area contributed by atoms with Gasteiger partial charge in [0.05, 0.1) is 0 Å². The van der Waals surface area contributed by atoms with Crippen LogP contribution in [-0.2, 0) is 5.33 Å². The van der Waals surface area contributed by atoms with Crippen LogP contribution in [0, 0.1) is 6.92 Å². The maximum Gasteiger partial charge on any atom is 0.195 e. The second-order valence-corrected chi connectivity index (χ2v) is 5.07. The van der Waals surface area contributed by atoms with Gasteiger partial charge in [-0.25, -0.2) is 0 Å². The van der Waals surface area contributed by atoms with E-state index in [4.69, 9.17) is 0 Å². The lowest BCUT2D eigenvalue weighted by atomic mass is 9.98. The first-order valence-corrected chi connectivity index (χ1v) is 7.17. The predicted octanol–water partition coefficient (Wildman–Crippen LogP) is 3.81. The van der Waals surface area contributed by atoms with Gasteiger partial charge in [-0.2, -0.15) is 0 Å². The average Bonchev–Trinajstić information content (AvgIpc) is 2.46. The number of Topliss-reactive ketones (excluding diaryl/α,β-unsaturated/α-hetero) is 1.